The van der Waals surface area contributed by atoms with E-state index >= 15 is 0 Å². The van der Waals surface area contributed by atoms with Crippen molar-refractivity contribution in [1.29, 1.82) is 0 Å². The van der Waals surface area contributed by atoms with Crippen LogP contribution in [-0.4, -0.2) is 72.6 Å². The number of halogens is 1. The Morgan fingerprint density at radius 3 is 2.45 bits per heavy atom. The number of alkyl carbamates (subject to hydrolysis) is 1. The topological polar surface area (TPSA) is 91.0 Å². The number of piperazine rings is 1. The molecule has 3 amide bonds. The van der Waals surface area contributed by atoms with Crippen molar-refractivity contribution in [1.82, 2.24) is 15.1 Å². The van der Waals surface area contributed by atoms with Crippen LogP contribution in [0.3, 0.4) is 0 Å². The molecule has 2 rings (SSSR count). The van der Waals surface area contributed by atoms with Crippen LogP contribution in [0, 0.1) is 5.82 Å². The van der Waals surface area contributed by atoms with Crippen LogP contribution in [0.4, 0.5) is 14.9 Å². The summed E-state index contributed by atoms with van der Waals surface area (Å²) >= 11 is 0. The number of carbonyl (C=O) groups excluding carboxylic acids is 3. The summed E-state index contributed by atoms with van der Waals surface area (Å²) in [5.74, 6) is -0.682. The fourth-order valence-electron chi connectivity index (χ4n) is 2.87. The van der Waals surface area contributed by atoms with E-state index in [1.807, 2.05) is 4.90 Å². The van der Waals surface area contributed by atoms with Crippen LogP contribution in [0.1, 0.15) is 27.2 Å². The summed E-state index contributed by atoms with van der Waals surface area (Å²) < 4.78 is 18.3. The van der Waals surface area contributed by atoms with Crippen LogP contribution in [-0.2, 0) is 14.3 Å². The van der Waals surface area contributed by atoms with Gasteiger partial charge in [-0.15, -0.1) is 0 Å². The number of nitrogens with zero attached hydrogens (tertiary/aromatic N) is 2. The number of hydrogen-bond acceptors (Lipinski definition) is 5. The number of rotatable bonds is 6. The summed E-state index contributed by atoms with van der Waals surface area (Å²) in [6.07, 6.45) is -0.348. The van der Waals surface area contributed by atoms with E-state index < -0.39 is 17.5 Å². The van der Waals surface area contributed by atoms with Crippen molar-refractivity contribution >= 4 is 23.6 Å². The second-order valence-corrected chi connectivity index (χ2v) is 7.89. The molecule has 9 heteroatoms. The maximum Gasteiger partial charge on any atom is 0.407 e. The van der Waals surface area contributed by atoms with Gasteiger partial charge in [-0.1, -0.05) is 6.07 Å². The number of carbonyl (C=O) groups is 3. The predicted octanol–water partition coefficient (Wildman–Crippen LogP) is 1.82. The molecule has 29 heavy (non-hydrogen) atoms. The standard InChI is InChI=1S/C20H29FN4O4/c1-20(2,3)29-19(28)22-8-7-18(27)25-11-9-24(10-12-25)14-17(26)23-16-6-4-5-15(21)13-16/h4-6,13H,7-12,14H2,1-3H3,(H,22,28)(H,23,26). The molecule has 1 aliphatic heterocycles. The van der Waals surface area contributed by atoms with Gasteiger partial charge in [0.05, 0.1) is 6.54 Å². The van der Waals surface area contributed by atoms with Gasteiger partial charge in [0.25, 0.3) is 0 Å². The molecule has 2 N–H and O–H groups in total. The zero-order valence-electron chi connectivity index (χ0n) is 17.2. The van der Waals surface area contributed by atoms with E-state index in [1.54, 1.807) is 31.7 Å². The minimum Gasteiger partial charge on any atom is -0.444 e. The summed E-state index contributed by atoms with van der Waals surface area (Å²) in [6.45, 7) is 7.88. The zero-order chi connectivity index (χ0) is 21.4. The first-order valence-electron chi connectivity index (χ1n) is 9.65. The van der Waals surface area contributed by atoms with Gasteiger partial charge in [-0.2, -0.15) is 0 Å². The summed E-state index contributed by atoms with van der Waals surface area (Å²) in [5.41, 5.74) is -0.160. The first-order valence-corrected chi connectivity index (χ1v) is 9.65. The molecule has 1 aromatic rings. The normalized spacial score (nSPS) is 15.0. The lowest BCUT2D eigenvalue weighted by Gasteiger charge is -2.34. The van der Waals surface area contributed by atoms with E-state index in [0.717, 1.165) is 0 Å². The van der Waals surface area contributed by atoms with Crippen molar-refractivity contribution in [2.75, 3.05) is 44.6 Å². The molecule has 0 radical (unpaired) electrons. The van der Waals surface area contributed by atoms with Gasteiger partial charge < -0.3 is 20.3 Å². The third-order valence-corrected chi connectivity index (χ3v) is 4.21. The second kappa shape index (κ2) is 10.2. The van der Waals surface area contributed by atoms with Crippen LogP contribution in [0.5, 0.6) is 0 Å². The molecule has 1 aromatic carbocycles. The molecule has 1 fully saturated rings. The molecular formula is C20H29FN4O4. The highest BCUT2D eigenvalue weighted by Gasteiger charge is 2.23. The SMILES string of the molecule is CC(C)(C)OC(=O)NCCC(=O)N1CCN(CC(=O)Nc2cccc(F)c2)CC1. The maximum atomic E-state index is 13.2. The third-order valence-electron chi connectivity index (χ3n) is 4.21. The molecule has 0 atom stereocenters. The van der Waals surface area contributed by atoms with E-state index in [1.165, 1.54) is 18.2 Å². The van der Waals surface area contributed by atoms with Gasteiger partial charge in [-0.3, -0.25) is 14.5 Å². The van der Waals surface area contributed by atoms with Gasteiger partial charge in [0.1, 0.15) is 11.4 Å². The highest BCUT2D eigenvalue weighted by atomic mass is 19.1. The fourth-order valence-corrected chi connectivity index (χ4v) is 2.87. The van der Waals surface area contributed by atoms with E-state index in [2.05, 4.69) is 10.6 Å². The molecular weight excluding hydrogens is 379 g/mol. The van der Waals surface area contributed by atoms with Crippen molar-refractivity contribution in [3.8, 4) is 0 Å². The van der Waals surface area contributed by atoms with Gasteiger partial charge >= 0.3 is 6.09 Å². The van der Waals surface area contributed by atoms with E-state index in [-0.39, 0.29) is 31.3 Å². The predicted molar refractivity (Wildman–Crippen MR) is 107 cm³/mol. The Morgan fingerprint density at radius 1 is 1.14 bits per heavy atom. The van der Waals surface area contributed by atoms with Gasteiger partial charge in [0, 0.05) is 44.8 Å². The fraction of sp³-hybridized carbons (Fsp3) is 0.550. The Labute approximate surface area is 170 Å². The van der Waals surface area contributed by atoms with Gasteiger partial charge in [-0.05, 0) is 39.0 Å². The molecule has 0 unspecified atom stereocenters. The Hall–Kier alpha value is -2.68. The molecule has 160 valence electrons. The lowest BCUT2D eigenvalue weighted by atomic mass is 10.2. The Bertz CT molecular complexity index is 727. The Morgan fingerprint density at radius 2 is 1.83 bits per heavy atom. The number of benzene rings is 1. The number of nitrogens with one attached hydrogen (secondary N) is 2. The van der Waals surface area contributed by atoms with Crippen LogP contribution >= 0.6 is 0 Å². The molecule has 8 nitrogen and oxygen atoms in total. The second-order valence-electron chi connectivity index (χ2n) is 7.89. The van der Waals surface area contributed by atoms with Crippen molar-refractivity contribution < 1.29 is 23.5 Å². The molecule has 0 saturated carbocycles. The molecule has 0 aromatic heterocycles. The van der Waals surface area contributed by atoms with Crippen LogP contribution in [0.25, 0.3) is 0 Å². The van der Waals surface area contributed by atoms with Gasteiger partial charge in [0.15, 0.2) is 0 Å². The number of amides is 3. The van der Waals surface area contributed by atoms with E-state index in [9.17, 15) is 18.8 Å². The summed E-state index contributed by atoms with van der Waals surface area (Å²) in [5, 5.41) is 5.24. The Kier molecular flexibility index (Phi) is 7.95. The highest BCUT2D eigenvalue weighted by molar-refractivity contribution is 5.92. The molecule has 1 heterocycles. The van der Waals surface area contributed by atoms with Crippen molar-refractivity contribution in [3.05, 3.63) is 30.1 Å². The van der Waals surface area contributed by atoms with Crippen molar-refractivity contribution in [2.45, 2.75) is 32.8 Å². The number of ether oxygens (including phenoxy) is 1. The first-order chi connectivity index (χ1) is 13.6. The molecule has 0 aliphatic carbocycles. The largest absolute Gasteiger partial charge is 0.444 e. The number of hydrogen-bond donors (Lipinski definition) is 2. The average Bonchev–Trinajstić information content (AvgIpc) is 2.60. The number of anilines is 1. The van der Waals surface area contributed by atoms with Crippen molar-refractivity contribution in [3.63, 3.8) is 0 Å². The lowest BCUT2D eigenvalue weighted by molar-refractivity contribution is -0.132. The summed E-state index contributed by atoms with van der Waals surface area (Å²) in [4.78, 5) is 39.6. The first kappa shape index (κ1) is 22.6. The lowest BCUT2D eigenvalue weighted by Crippen LogP contribution is -2.50. The van der Waals surface area contributed by atoms with E-state index in [0.29, 0.717) is 31.9 Å². The van der Waals surface area contributed by atoms with Crippen LogP contribution < -0.4 is 10.6 Å². The summed E-state index contributed by atoms with van der Waals surface area (Å²) in [7, 11) is 0. The molecule has 1 aliphatic rings. The third kappa shape index (κ3) is 8.47. The Balaban J connectivity index is 1.65. The van der Waals surface area contributed by atoms with E-state index in [4.69, 9.17) is 4.74 Å². The summed E-state index contributed by atoms with van der Waals surface area (Å²) in [6, 6.07) is 5.74. The minimum absolute atomic E-state index is 0.0510. The van der Waals surface area contributed by atoms with Crippen molar-refractivity contribution in [2.24, 2.45) is 0 Å². The zero-order valence-corrected chi connectivity index (χ0v) is 17.2. The monoisotopic (exact) mass is 408 g/mol. The molecule has 0 spiro atoms. The smallest absolute Gasteiger partial charge is 0.407 e. The van der Waals surface area contributed by atoms with Gasteiger partial charge in [-0.25, -0.2) is 9.18 Å². The maximum absolute atomic E-state index is 13.2. The quantitative estimate of drug-likeness (QED) is 0.749. The van der Waals surface area contributed by atoms with Crippen LogP contribution in [0.15, 0.2) is 24.3 Å². The average molecular weight is 408 g/mol. The van der Waals surface area contributed by atoms with Gasteiger partial charge in [0.2, 0.25) is 11.8 Å². The molecule has 1 saturated heterocycles. The minimum atomic E-state index is -0.578. The molecule has 0 bridgehead atoms. The van der Waals surface area contributed by atoms with Crippen LogP contribution in [0.2, 0.25) is 0 Å². The highest BCUT2D eigenvalue weighted by Crippen LogP contribution is 2.10.